The second-order valence-corrected chi connectivity index (χ2v) is 5.77. The van der Waals surface area contributed by atoms with E-state index < -0.39 is 12.0 Å². The van der Waals surface area contributed by atoms with E-state index in [-0.39, 0.29) is 19.1 Å². The Kier molecular flexibility index (Phi) is 4.93. The number of rotatable bonds is 4. The van der Waals surface area contributed by atoms with Crippen molar-refractivity contribution >= 4 is 23.3 Å². The molecule has 0 fully saturated rings. The summed E-state index contributed by atoms with van der Waals surface area (Å²) in [5, 5.41) is 0. The molecule has 1 atom stereocenters. The van der Waals surface area contributed by atoms with Crippen LogP contribution in [0.3, 0.4) is 0 Å². The Balaban J connectivity index is 2.10. The first-order chi connectivity index (χ1) is 12.1. The Hall–Kier alpha value is -2.95. The SMILES string of the molecule is CCOC(=O)CN1C(=O)C(C)N=C(c2ccccc2)c2ccccc21. The fraction of sp³-hybridized carbons (Fsp3) is 0.250. The number of esters is 1. The lowest BCUT2D eigenvalue weighted by Gasteiger charge is -2.23. The van der Waals surface area contributed by atoms with Crippen molar-refractivity contribution in [3.63, 3.8) is 0 Å². The number of amides is 1. The van der Waals surface area contributed by atoms with Gasteiger partial charge in [-0.05, 0) is 19.9 Å². The quantitative estimate of drug-likeness (QED) is 0.807. The van der Waals surface area contributed by atoms with E-state index in [2.05, 4.69) is 4.99 Å². The number of benzodiazepines with no additional fused rings is 1. The maximum Gasteiger partial charge on any atom is 0.326 e. The molecule has 3 rings (SSSR count). The average Bonchev–Trinajstić information content (AvgIpc) is 2.73. The number of ether oxygens (including phenoxy) is 1. The molecule has 0 radical (unpaired) electrons. The lowest BCUT2D eigenvalue weighted by atomic mass is 10.0. The van der Waals surface area contributed by atoms with E-state index in [4.69, 9.17) is 4.74 Å². The predicted molar refractivity (Wildman–Crippen MR) is 97.0 cm³/mol. The summed E-state index contributed by atoms with van der Waals surface area (Å²) < 4.78 is 5.03. The Bertz CT molecular complexity index is 815. The third-order valence-corrected chi connectivity index (χ3v) is 4.04. The number of nitrogens with zero attached hydrogens (tertiary/aromatic N) is 2. The van der Waals surface area contributed by atoms with E-state index in [9.17, 15) is 9.59 Å². The fourth-order valence-electron chi connectivity index (χ4n) is 2.90. The Labute approximate surface area is 146 Å². The summed E-state index contributed by atoms with van der Waals surface area (Å²) in [7, 11) is 0. The van der Waals surface area contributed by atoms with Gasteiger partial charge in [-0.3, -0.25) is 19.5 Å². The minimum absolute atomic E-state index is 0.119. The zero-order chi connectivity index (χ0) is 17.8. The van der Waals surface area contributed by atoms with Gasteiger partial charge >= 0.3 is 5.97 Å². The second-order valence-electron chi connectivity index (χ2n) is 5.77. The molecule has 1 heterocycles. The molecule has 128 valence electrons. The minimum Gasteiger partial charge on any atom is -0.465 e. The summed E-state index contributed by atoms with van der Waals surface area (Å²) in [4.78, 5) is 30.9. The molecule has 0 N–H and O–H groups in total. The van der Waals surface area contributed by atoms with Gasteiger partial charge in [-0.15, -0.1) is 0 Å². The molecule has 0 saturated heterocycles. The number of carbonyl (C=O) groups is 2. The van der Waals surface area contributed by atoms with E-state index in [0.717, 1.165) is 16.8 Å². The number of carbonyl (C=O) groups excluding carboxylic acids is 2. The van der Waals surface area contributed by atoms with Crippen LogP contribution in [-0.4, -0.2) is 36.8 Å². The van der Waals surface area contributed by atoms with Crippen molar-refractivity contribution in [1.29, 1.82) is 0 Å². The summed E-state index contributed by atoms with van der Waals surface area (Å²) in [5.74, 6) is -0.646. The smallest absolute Gasteiger partial charge is 0.326 e. The number of fused-ring (bicyclic) bond motifs is 1. The van der Waals surface area contributed by atoms with Crippen LogP contribution in [0.1, 0.15) is 25.0 Å². The highest BCUT2D eigenvalue weighted by Crippen LogP contribution is 2.28. The van der Waals surface area contributed by atoms with Crippen molar-refractivity contribution in [3.05, 3.63) is 65.7 Å². The van der Waals surface area contributed by atoms with Gasteiger partial charge in [0.15, 0.2) is 0 Å². The predicted octanol–water partition coefficient (Wildman–Crippen LogP) is 2.82. The fourth-order valence-corrected chi connectivity index (χ4v) is 2.90. The van der Waals surface area contributed by atoms with Crippen LogP contribution in [0.2, 0.25) is 0 Å². The summed E-state index contributed by atoms with van der Waals surface area (Å²) in [6.07, 6.45) is 0. The van der Waals surface area contributed by atoms with Crippen LogP contribution >= 0.6 is 0 Å². The molecule has 5 nitrogen and oxygen atoms in total. The van der Waals surface area contributed by atoms with Crippen LogP contribution in [0.15, 0.2) is 59.6 Å². The monoisotopic (exact) mass is 336 g/mol. The highest BCUT2D eigenvalue weighted by atomic mass is 16.5. The van der Waals surface area contributed by atoms with Crippen molar-refractivity contribution in [2.75, 3.05) is 18.1 Å². The van der Waals surface area contributed by atoms with Gasteiger partial charge in [0.05, 0.1) is 18.0 Å². The number of hydrogen-bond acceptors (Lipinski definition) is 4. The second kappa shape index (κ2) is 7.30. The zero-order valence-electron chi connectivity index (χ0n) is 14.3. The molecule has 0 saturated carbocycles. The summed E-state index contributed by atoms with van der Waals surface area (Å²) in [6, 6.07) is 16.7. The van der Waals surface area contributed by atoms with Crippen molar-refractivity contribution < 1.29 is 14.3 Å². The summed E-state index contributed by atoms with van der Waals surface area (Å²) >= 11 is 0. The topological polar surface area (TPSA) is 59.0 Å². The molecular formula is C20H20N2O3. The van der Waals surface area contributed by atoms with Crippen LogP contribution in [-0.2, 0) is 14.3 Å². The third-order valence-electron chi connectivity index (χ3n) is 4.04. The number of anilines is 1. The van der Waals surface area contributed by atoms with E-state index in [1.165, 1.54) is 4.90 Å². The molecule has 0 bridgehead atoms. The van der Waals surface area contributed by atoms with Crippen LogP contribution in [0.4, 0.5) is 5.69 Å². The molecule has 1 aliphatic rings. The van der Waals surface area contributed by atoms with Gasteiger partial charge in [0, 0.05) is 11.1 Å². The van der Waals surface area contributed by atoms with Gasteiger partial charge in [0.25, 0.3) is 5.91 Å². The van der Waals surface area contributed by atoms with Crippen LogP contribution in [0.25, 0.3) is 0 Å². The average molecular weight is 336 g/mol. The first-order valence-corrected chi connectivity index (χ1v) is 8.31. The van der Waals surface area contributed by atoms with Gasteiger partial charge < -0.3 is 4.74 Å². The van der Waals surface area contributed by atoms with Crippen molar-refractivity contribution in [1.82, 2.24) is 0 Å². The molecule has 0 aliphatic carbocycles. The molecule has 1 aliphatic heterocycles. The highest BCUT2D eigenvalue weighted by molar-refractivity contribution is 6.20. The van der Waals surface area contributed by atoms with Crippen LogP contribution in [0, 0.1) is 0 Å². The molecule has 1 amide bonds. The standard InChI is InChI=1S/C20H20N2O3/c1-3-25-18(23)13-22-17-12-8-7-11-16(17)19(21-14(2)20(22)24)15-9-5-4-6-10-15/h4-12,14H,3,13H2,1-2H3. The summed E-state index contributed by atoms with van der Waals surface area (Å²) in [5.41, 5.74) is 3.19. The largest absolute Gasteiger partial charge is 0.465 e. The maximum atomic E-state index is 12.8. The van der Waals surface area contributed by atoms with Crippen LogP contribution in [0.5, 0.6) is 0 Å². The Morgan fingerprint density at radius 2 is 1.80 bits per heavy atom. The highest BCUT2D eigenvalue weighted by Gasteiger charge is 2.30. The minimum atomic E-state index is -0.586. The van der Waals surface area contributed by atoms with Crippen LogP contribution < -0.4 is 4.90 Å². The number of benzene rings is 2. The number of aliphatic imine (C=N–C) groups is 1. The van der Waals surface area contributed by atoms with E-state index >= 15 is 0 Å². The number of hydrogen-bond donors (Lipinski definition) is 0. The van der Waals surface area contributed by atoms with E-state index in [1.54, 1.807) is 13.8 Å². The lowest BCUT2D eigenvalue weighted by molar-refractivity contribution is -0.142. The van der Waals surface area contributed by atoms with E-state index in [0.29, 0.717) is 5.69 Å². The van der Waals surface area contributed by atoms with Gasteiger partial charge in [0.2, 0.25) is 0 Å². The van der Waals surface area contributed by atoms with Crippen molar-refractivity contribution in [2.24, 2.45) is 4.99 Å². The maximum absolute atomic E-state index is 12.8. The third kappa shape index (κ3) is 3.45. The van der Waals surface area contributed by atoms with Gasteiger partial charge in [-0.25, -0.2) is 0 Å². The molecule has 0 aromatic heterocycles. The molecule has 5 heteroatoms. The molecule has 2 aromatic carbocycles. The first-order valence-electron chi connectivity index (χ1n) is 8.31. The summed E-state index contributed by atoms with van der Waals surface area (Å²) in [6.45, 7) is 3.65. The van der Waals surface area contributed by atoms with E-state index in [1.807, 2.05) is 54.6 Å². The molecular weight excluding hydrogens is 316 g/mol. The number of para-hydroxylation sites is 1. The lowest BCUT2D eigenvalue weighted by Crippen LogP contribution is -2.40. The van der Waals surface area contributed by atoms with Gasteiger partial charge in [0.1, 0.15) is 12.6 Å². The Morgan fingerprint density at radius 3 is 2.52 bits per heavy atom. The first kappa shape index (κ1) is 16.9. The Morgan fingerprint density at radius 1 is 1.12 bits per heavy atom. The van der Waals surface area contributed by atoms with Gasteiger partial charge in [-0.1, -0.05) is 48.5 Å². The van der Waals surface area contributed by atoms with Gasteiger partial charge in [-0.2, -0.15) is 0 Å². The molecule has 0 spiro atoms. The van der Waals surface area contributed by atoms with Crippen molar-refractivity contribution in [2.45, 2.75) is 19.9 Å². The molecule has 25 heavy (non-hydrogen) atoms. The van der Waals surface area contributed by atoms with Crippen molar-refractivity contribution in [3.8, 4) is 0 Å². The zero-order valence-corrected chi connectivity index (χ0v) is 14.3. The normalized spacial score (nSPS) is 16.7. The molecule has 1 unspecified atom stereocenters. The molecule has 2 aromatic rings.